The van der Waals surface area contributed by atoms with Gasteiger partial charge in [0.15, 0.2) is 0 Å². The summed E-state index contributed by atoms with van der Waals surface area (Å²) in [4.78, 5) is 2.46. The Labute approximate surface area is 102 Å². The number of likely N-dealkylation sites (tertiary alicyclic amines) is 1. The number of halogens is 1. The first kappa shape index (κ1) is 11.7. The van der Waals surface area contributed by atoms with Crippen LogP contribution in [0.5, 0.6) is 5.75 Å². The summed E-state index contributed by atoms with van der Waals surface area (Å²) in [5, 5.41) is 9.79. The molecule has 0 bridgehead atoms. The van der Waals surface area contributed by atoms with Crippen LogP contribution in [-0.2, 0) is 6.54 Å². The normalized spacial score (nSPS) is 22.2. The molecule has 1 atom stereocenters. The molecule has 0 saturated carbocycles. The Morgan fingerprint density at radius 1 is 1.50 bits per heavy atom. The van der Waals surface area contributed by atoms with Crippen molar-refractivity contribution in [2.75, 3.05) is 13.1 Å². The molecule has 1 unspecified atom stereocenters. The van der Waals surface area contributed by atoms with Crippen LogP contribution in [0, 0.1) is 5.92 Å². The maximum atomic E-state index is 9.35. The van der Waals surface area contributed by atoms with Crippen molar-refractivity contribution in [2.45, 2.75) is 26.3 Å². The van der Waals surface area contributed by atoms with Crippen molar-refractivity contribution in [1.82, 2.24) is 4.90 Å². The topological polar surface area (TPSA) is 23.5 Å². The lowest BCUT2D eigenvalue weighted by atomic mass is 10.00. The van der Waals surface area contributed by atoms with Crippen LogP contribution in [0.25, 0.3) is 0 Å². The van der Waals surface area contributed by atoms with E-state index in [1.54, 1.807) is 6.07 Å². The van der Waals surface area contributed by atoms with Crippen molar-refractivity contribution < 1.29 is 5.11 Å². The molecule has 1 N–H and O–H groups in total. The second-order valence-corrected chi connectivity index (χ2v) is 5.18. The van der Waals surface area contributed by atoms with Gasteiger partial charge in [-0.25, -0.2) is 0 Å². The fourth-order valence-corrected chi connectivity index (χ4v) is 2.54. The summed E-state index contributed by atoms with van der Waals surface area (Å²) in [5.74, 6) is 0.957. The Bertz CT molecular complexity index is 367. The second-order valence-electron chi connectivity index (χ2n) is 4.77. The molecule has 1 aromatic rings. The summed E-state index contributed by atoms with van der Waals surface area (Å²) in [7, 11) is 0. The Kier molecular flexibility index (Phi) is 3.72. The largest absolute Gasteiger partial charge is 0.506 e. The van der Waals surface area contributed by atoms with Gasteiger partial charge in [-0.3, -0.25) is 4.90 Å². The molecule has 2 nitrogen and oxygen atoms in total. The van der Waals surface area contributed by atoms with Crippen molar-refractivity contribution in [3.05, 3.63) is 28.8 Å². The lowest BCUT2D eigenvalue weighted by Crippen LogP contribution is -2.33. The number of hydrogen-bond donors (Lipinski definition) is 1. The minimum atomic E-state index is 0.164. The van der Waals surface area contributed by atoms with E-state index in [9.17, 15) is 5.11 Å². The summed E-state index contributed by atoms with van der Waals surface area (Å²) >= 11 is 5.89. The van der Waals surface area contributed by atoms with Gasteiger partial charge >= 0.3 is 0 Å². The van der Waals surface area contributed by atoms with Crippen molar-refractivity contribution in [2.24, 2.45) is 5.92 Å². The average Bonchev–Trinajstić information content (AvgIpc) is 2.24. The highest BCUT2D eigenvalue weighted by atomic mass is 35.5. The molecule has 3 heteroatoms. The van der Waals surface area contributed by atoms with Gasteiger partial charge in [-0.1, -0.05) is 24.6 Å². The first-order valence-electron chi connectivity index (χ1n) is 5.85. The van der Waals surface area contributed by atoms with Crippen molar-refractivity contribution in [1.29, 1.82) is 0 Å². The van der Waals surface area contributed by atoms with Crippen molar-refractivity contribution in [3.63, 3.8) is 0 Å². The van der Waals surface area contributed by atoms with E-state index < -0.39 is 0 Å². The molecule has 1 aliphatic heterocycles. The van der Waals surface area contributed by atoms with E-state index in [-0.39, 0.29) is 5.75 Å². The summed E-state index contributed by atoms with van der Waals surface area (Å²) in [6, 6.07) is 5.47. The number of piperidine rings is 1. The number of phenols is 1. The molecule has 1 aliphatic rings. The molecule has 0 radical (unpaired) electrons. The van der Waals surface area contributed by atoms with Gasteiger partial charge in [0, 0.05) is 13.1 Å². The van der Waals surface area contributed by atoms with E-state index in [0.29, 0.717) is 5.02 Å². The van der Waals surface area contributed by atoms with E-state index in [1.807, 2.05) is 12.1 Å². The lowest BCUT2D eigenvalue weighted by molar-refractivity contribution is 0.176. The van der Waals surface area contributed by atoms with Gasteiger partial charge in [-0.05, 0) is 43.0 Å². The molecule has 88 valence electrons. The van der Waals surface area contributed by atoms with Crippen LogP contribution in [0.1, 0.15) is 25.3 Å². The lowest BCUT2D eigenvalue weighted by Gasteiger charge is -2.30. The molecular formula is C13H18ClNO. The van der Waals surface area contributed by atoms with Gasteiger partial charge in [0.2, 0.25) is 0 Å². The van der Waals surface area contributed by atoms with Gasteiger partial charge in [0.25, 0.3) is 0 Å². The number of benzene rings is 1. The zero-order valence-corrected chi connectivity index (χ0v) is 10.4. The van der Waals surface area contributed by atoms with Gasteiger partial charge in [-0.15, -0.1) is 0 Å². The number of aromatic hydroxyl groups is 1. The Balaban J connectivity index is 2.00. The predicted molar refractivity (Wildman–Crippen MR) is 66.8 cm³/mol. The molecule has 0 amide bonds. The van der Waals surface area contributed by atoms with E-state index in [4.69, 9.17) is 11.6 Å². The summed E-state index contributed by atoms with van der Waals surface area (Å²) in [6.45, 7) is 5.57. The third-order valence-corrected chi connectivity index (χ3v) is 3.46. The Morgan fingerprint density at radius 2 is 2.31 bits per heavy atom. The van der Waals surface area contributed by atoms with Crippen molar-refractivity contribution >= 4 is 11.6 Å². The van der Waals surface area contributed by atoms with Gasteiger partial charge in [-0.2, -0.15) is 0 Å². The Morgan fingerprint density at radius 3 is 3.00 bits per heavy atom. The molecule has 1 heterocycles. The first-order chi connectivity index (χ1) is 7.65. The highest BCUT2D eigenvalue weighted by Crippen LogP contribution is 2.25. The number of nitrogens with zero attached hydrogens (tertiary/aromatic N) is 1. The van der Waals surface area contributed by atoms with Gasteiger partial charge in [0.1, 0.15) is 5.75 Å². The molecule has 16 heavy (non-hydrogen) atoms. The second kappa shape index (κ2) is 5.07. The molecule has 0 aromatic heterocycles. The molecule has 1 saturated heterocycles. The summed E-state index contributed by atoms with van der Waals surface area (Å²) in [6.07, 6.45) is 2.62. The quantitative estimate of drug-likeness (QED) is 0.856. The van der Waals surface area contributed by atoms with Crippen LogP contribution in [0.4, 0.5) is 0 Å². The minimum Gasteiger partial charge on any atom is -0.506 e. The fourth-order valence-electron chi connectivity index (χ4n) is 2.34. The van der Waals surface area contributed by atoms with Crippen LogP contribution in [0.2, 0.25) is 5.02 Å². The van der Waals surface area contributed by atoms with Crippen LogP contribution < -0.4 is 0 Å². The van der Waals surface area contributed by atoms with Crippen molar-refractivity contribution in [3.8, 4) is 5.75 Å². The maximum absolute atomic E-state index is 9.35. The first-order valence-corrected chi connectivity index (χ1v) is 6.22. The zero-order valence-electron chi connectivity index (χ0n) is 9.62. The number of phenolic OH excluding ortho intramolecular Hbond substituents is 1. The van der Waals surface area contributed by atoms with Crippen LogP contribution >= 0.6 is 11.6 Å². The monoisotopic (exact) mass is 239 g/mol. The zero-order chi connectivity index (χ0) is 11.5. The van der Waals surface area contributed by atoms with Gasteiger partial charge < -0.3 is 5.11 Å². The summed E-state index contributed by atoms with van der Waals surface area (Å²) < 4.78 is 0. The third kappa shape index (κ3) is 2.89. The molecule has 2 rings (SSSR count). The standard InChI is InChI=1S/C13H18ClNO/c1-10-3-2-6-15(8-10)9-11-4-5-13(16)12(14)7-11/h4-5,7,10,16H,2-3,6,8-9H2,1H3. The maximum Gasteiger partial charge on any atom is 0.134 e. The van der Waals surface area contributed by atoms with E-state index in [0.717, 1.165) is 12.5 Å². The van der Waals surface area contributed by atoms with Crippen LogP contribution in [0.15, 0.2) is 18.2 Å². The summed E-state index contributed by atoms with van der Waals surface area (Å²) in [5.41, 5.74) is 1.18. The fraction of sp³-hybridized carbons (Fsp3) is 0.538. The number of hydrogen-bond acceptors (Lipinski definition) is 2. The Hall–Kier alpha value is -0.730. The van der Waals surface area contributed by atoms with E-state index in [1.165, 1.54) is 31.5 Å². The highest BCUT2D eigenvalue weighted by Gasteiger charge is 2.16. The molecule has 1 aromatic carbocycles. The molecule has 0 aliphatic carbocycles. The number of rotatable bonds is 2. The molecular weight excluding hydrogens is 222 g/mol. The smallest absolute Gasteiger partial charge is 0.134 e. The minimum absolute atomic E-state index is 0.164. The molecule has 1 fully saturated rings. The van der Waals surface area contributed by atoms with E-state index >= 15 is 0 Å². The SMILES string of the molecule is CC1CCCN(Cc2ccc(O)c(Cl)c2)C1. The van der Waals surface area contributed by atoms with Gasteiger partial charge in [0.05, 0.1) is 5.02 Å². The average molecular weight is 240 g/mol. The van der Waals surface area contributed by atoms with E-state index in [2.05, 4.69) is 11.8 Å². The highest BCUT2D eigenvalue weighted by molar-refractivity contribution is 6.32. The van der Waals surface area contributed by atoms with Crippen LogP contribution in [0.3, 0.4) is 0 Å². The van der Waals surface area contributed by atoms with Crippen LogP contribution in [-0.4, -0.2) is 23.1 Å². The third-order valence-electron chi connectivity index (χ3n) is 3.16. The predicted octanol–water partition coefficient (Wildman–Crippen LogP) is 3.28. The molecule has 0 spiro atoms.